The van der Waals surface area contributed by atoms with Gasteiger partial charge in [0.25, 0.3) is 5.91 Å². The zero-order chi connectivity index (χ0) is 14.7. The normalized spacial score (nSPS) is 15.3. The Labute approximate surface area is 114 Å². The van der Waals surface area contributed by atoms with E-state index >= 15 is 0 Å². The molecule has 2 amide bonds. The van der Waals surface area contributed by atoms with Crippen LogP contribution >= 0.6 is 0 Å². The molecule has 1 fully saturated rings. The maximum atomic E-state index is 13.6. The second-order valence-corrected chi connectivity index (χ2v) is 4.80. The van der Waals surface area contributed by atoms with E-state index < -0.39 is 29.1 Å². The average Bonchev–Trinajstić information content (AvgIpc) is 2.92. The smallest absolute Gasteiger partial charge is 0.257 e. The van der Waals surface area contributed by atoms with Gasteiger partial charge in [-0.15, -0.1) is 0 Å². The monoisotopic (exact) mass is 283 g/mol. The van der Waals surface area contributed by atoms with Crippen molar-refractivity contribution in [3.05, 3.63) is 29.6 Å². The van der Waals surface area contributed by atoms with Gasteiger partial charge in [-0.2, -0.15) is 4.39 Å². The van der Waals surface area contributed by atoms with E-state index in [2.05, 4.69) is 4.98 Å². The lowest BCUT2D eigenvalue weighted by molar-refractivity contribution is -0.119. The zero-order valence-electron chi connectivity index (χ0n) is 10.8. The number of carbonyl (C=O) groups is 2. The standard InChI is InChI=1S/C13H15F2N3O2/c14-11-9(5-6-17-12(11)15)13(20)18(7-10(16)19)8-3-1-2-4-8/h5-6,8H,1-4,7H2,(H2,16,19). The molecular formula is C13H15F2N3O2. The first-order valence-corrected chi connectivity index (χ1v) is 6.40. The van der Waals surface area contributed by atoms with E-state index in [0.717, 1.165) is 37.9 Å². The van der Waals surface area contributed by atoms with Crippen LogP contribution in [0.2, 0.25) is 0 Å². The molecule has 108 valence electrons. The van der Waals surface area contributed by atoms with Crippen molar-refractivity contribution in [2.75, 3.05) is 6.54 Å². The van der Waals surface area contributed by atoms with Gasteiger partial charge in [0.05, 0.1) is 12.1 Å². The van der Waals surface area contributed by atoms with Crippen molar-refractivity contribution < 1.29 is 18.4 Å². The van der Waals surface area contributed by atoms with E-state index in [-0.39, 0.29) is 12.6 Å². The number of hydrogen-bond donors (Lipinski definition) is 1. The van der Waals surface area contributed by atoms with Crippen LogP contribution in [-0.2, 0) is 4.79 Å². The molecule has 1 aliphatic carbocycles. The average molecular weight is 283 g/mol. The molecule has 7 heteroatoms. The van der Waals surface area contributed by atoms with Gasteiger partial charge in [0.2, 0.25) is 11.9 Å². The van der Waals surface area contributed by atoms with Gasteiger partial charge in [-0.25, -0.2) is 9.37 Å². The molecule has 5 nitrogen and oxygen atoms in total. The predicted octanol–water partition coefficient (Wildman–Crippen LogP) is 1.23. The number of halogens is 2. The van der Waals surface area contributed by atoms with Crippen LogP contribution in [0.3, 0.4) is 0 Å². The van der Waals surface area contributed by atoms with Crippen LogP contribution in [0.4, 0.5) is 8.78 Å². The third-order valence-corrected chi connectivity index (χ3v) is 3.43. The maximum absolute atomic E-state index is 13.6. The second kappa shape index (κ2) is 5.94. The quantitative estimate of drug-likeness (QED) is 0.844. The first-order chi connectivity index (χ1) is 9.50. The van der Waals surface area contributed by atoms with Crippen molar-refractivity contribution in [2.24, 2.45) is 5.73 Å². The number of hydrogen-bond acceptors (Lipinski definition) is 3. The van der Waals surface area contributed by atoms with Gasteiger partial charge in [0, 0.05) is 12.2 Å². The largest absolute Gasteiger partial charge is 0.368 e. The van der Waals surface area contributed by atoms with Crippen LogP contribution in [-0.4, -0.2) is 34.3 Å². The summed E-state index contributed by atoms with van der Waals surface area (Å²) in [5.74, 6) is -4.04. The van der Waals surface area contributed by atoms with Crippen LogP contribution in [0.1, 0.15) is 36.0 Å². The van der Waals surface area contributed by atoms with Gasteiger partial charge in [-0.05, 0) is 18.9 Å². The molecule has 1 heterocycles. The summed E-state index contributed by atoms with van der Waals surface area (Å²) >= 11 is 0. The van der Waals surface area contributed by atoms with Crippen molar-refractivity contribution in [2.45, 2.75) is 31.7 Å². The summed E-state index contributed by atoms with van der Waals surface area (Å²) in [6, 6.07) is 0.939. The Bertz CT molecular complexity index is 530. The number of amides is 2. The van der Waals surface area contributed by atoms with Crippen molar-refractivity contribution in [3.8, 4) is 0 Å². The molecule has 0 bridgehead atoms. The molecule has 0 saturated heterocycles. The van der Waals surface area contributed by atoms with E-state index in [1.807, 2.05) is 0 Å². The summed E-state index contributed by atoms with van der Waals surface area (Å²) in [5.41, 5.74) is 4.71. The summed E-state index contributed by atoms with van der Waals surface area (Å²) in [7, 11) is 0. The Hall–Kier alpha value is -2.05. The summed E-state index contributed by atoms with van der Waals surface area (Å²) < 4.78 is 26.7. The van der Waals surface area contributed by atoms with Gasteiger partial charge >= 0.3 is 0 Å². The lowest BCUT2D eigenvalue weighted by Crippen LogP contribution is -2.44. The molecule has 0 atom stereocenters. The number of nitrogens with two attached hydrogens (primary N) is 1. The minimum atomic E-state index is -1.33. The fourth-order valence-corrected chi connectivity index (χ4v) is 2.49. The lowest BCUT2D eigenvalue weighted by Gasteiger charge is -2.27. The van der Waals surface area contributed by atoms with Crippen molar-refractivity contribution >= 4 is 11.8 Å². The lowest BCUT2D eigenvalue weighted by atomic mass is 10.1. The number of nitrogens with zero attached hydrogens (tertiary/aromatic N) is 2. The SMILES string of the molecule is NC(=O)CN(C(=O)c1ccnc(F)c1F)C1CCCC1. The van der Waals surface area contributed by atoms with E-state index in [1.54, 1.807) is 0 Å². The Morgan fingerprint density at radius 2 is 2.00 bits per heavy atom. The van der Waals surface area contributed by atoms with E-state index in [9.17, 15) is 18.4 Å². The number of aromatic nitrogens is 1. The van der Waals surface area contributed by atoms with Gasteiger partial charge < -0.3 is 10.6 Å². The van der Waals surface area contributed by atoms with Gasteiger partial charge in [0.1, 0.15) is 0 Å². The highest BCUT2D eigenvalue weighted by Crippen LogP contribution is 2.25. The number of rotatable bonds is 4. The fourth-order valence-electron chi connectivity index (χ4n) is 2.49. The third kappa shape index (κ3) is 2.92. The third-order valence-electron chi connectivity index (χ3n) is 3.43. The molecule has 2 N–H and O–H groups in total. The maximum Gasteiger partial charge on any atom is 0.257 e. The van der Waals surface area contributed by atoms with Crippen LogP contribution in [0.15, 0.2) is 12.3 Å². The molecule has 0 spiro atoms. The number of carbonyl (C=O) groups excluding carboxylic acids is 2. The summed E-state index contributed by atoms with van der Waals surface area (Å²) in [6.45, 7) is -0.299. The molecule has 1 aliphatic rings. The van der Waals surface area contributed by atoms with Gasteiger partial charge in [-0.3, -0.25) is 9.59 Å². The molecule has 20 heavy (non-hydrogen) atoms. The van der Waals surface area contributed by atoms with Crippen LogP contribution in [0, 0.1) is 11.8 Å². The molecule has 1 aromatic rings. The van der Waals surface area contributed by atoms with Crippen molar-refractivity contribution in [1.29, 1.82) is 0 Å². The minimum Gasteiger partial charge on any atom is -0.368 e. The van der Waals surface area contributed by atoms with Gasteiger partial charge in [-0.1, -0.05) is 12.8 Å². The Balaban J connectivity index is 2.29. The van der Waals surface area contributed by atoms with Crippen molar-refractivity contribution in [3.63, 3.8) is 0 Å². The molecule has 0 aliphatic heterocycles. The van der Waals surface area contributed by atoms with Gasteiger partial charge in [0.15, 0.2) is 5.82 Å². The topological polar surface area (TPSA) is 76.3 Å². The molecule has 1 aromatic heterocycles. The summed E-state index contributed by atoms with van der Waals surface area (Å²) in [4.78, 5) is 27.8. The fraction of sp³-hybridized carbons (Fsp3) is 0.462. The van der Waals surface area contributed by atoms with E-state index in [1.165, 1.54) is 4.90 Å². The molecule has 0 aromatic carbocycles. The first-order valence-electron chi connectivity index (χ1n) is 6.40. The Morgan fingerprint density at radius 3 is 2.60 bits per heavy atom. The zero-order valence-corrected chi connectivity index (χ0v) is 10.8. The molecular weight excluding hydrogens is 268 g/mol. The van der Waals surface area contributed by atoms with E-state index in [4.69, 9.17) is 5.73 Å². The Kier molecular flexibility index (Phi) is 4.26. The molecule has 2 rings (SSSR count). The van der Waals surface area contributed by atoms with E-state index in [0.29, 0.717) is 0 Å². The highest BCUT2D eigenvalue weighted by atomic mass is 19.2. The first kappa shape index (κ1) is 14.4. The number of primary amides is 1. The molecule has 1 saturated carbocycles. The van der Waals surface area contributed by atoms with Crippen LogP contribution in [0.5, 0.6) is 0 Å². The van der Waals surface area contributed by atoms with Crippen LogP contribution in [0.25, 0.3) is 0 Å². The van der Waals surface area contributed by atoms with Crippen molar-refractivity contribution in [1.82, 2.24) is 9.88 Å². The number of pyridine rings is 1. The molecule has 0 unspecified atom stereocenters. The highest BCUT2D eigenvalue weighted by molar-refractivity contribution is 5.96. The van der Waals surface area contributed by atoms with Crippen LogP contribution < -0.4 is 5.73 Å². The summed E-state index contributed by atoms with van der Waals surface area (Å²) in [5, 5.41) is 0. The summed E-state index contributed by atoms with van der Waals surface area (Å²) in [6.07, 6.45) is 4.34. The Morgan fingerprint density at radius 1 is 1.35 bits per heavy atom. The highest BCUT2D eigenvalue weighted by Gasteiger charge is 2.30. The predicted molar refractivity (Wildman–Crippen MR) is 66.6 cm³/mol. The second-order valence-electron chi connectivity index (χ2n) is 4.80. The minimum absolute atomic E-state index is 0.161. The molecule has 0 radical (unpaired) electrons.